The number of aliphatic hydroxyl groups excluding tert-OH is 1. The molecular formula is C13H17NO2. The number of hydrogen-bond acceptors (Lipinski definition) is 3. The molecule has 0 fully saturated rings. The normalized spacial score (nSPS) is 14.2. The minimum Gasteiger partial charge on any atom is -0.464 e. The van der Waals surface area contributed by atoms with E-state index in [-0.39, 0.29) is 5.41 Å². The quantitative estimate of drug-likeness (QED) is 0.833. The van der Waals surface area contributed by atoms with Gasteiger partial charge in [0.2, 0.25) is 0 Å². The Labute approximate surface area is 94.9 Å². The summed E-state index contributed by atoms with van der Waals surface area (Å²) in [7, 11) is 0. The Balaban J connectivity index is 2.48. The molecule has 0 bridgehead atoms. The molecule has 0 aliphatic carbocycles. The molecule has 0 radical (unpaired) electrons. The van der Waals surface area contributed by atoms with Crippen molar-refractivity contribution in [3.8, 4) is 0 Å². The van der Waals surface area contributed by atoms with Crippen LogP contribution in [0.1, 0.15) is 25.5 Å². The second-order valence-electron chi connectivity index (χ2n) is 4.78. The van der Waals surface area contributed by atoms with E-state index in [1.165, 1.54) is 0 Å². The van der Waals surface area contributed by atoms with Crippen LogP contribution in [0.4, 0.5) is 0 Å². The zero-order valence-electron chi connectivity index (χ0n) is 9.60. The molecule has 3 heteroatoms. The fourth-order valence-electron chi connectivity index (χ4n) is 1.74. The number of hydrogen-bond donors (Lipinski definition) is 2. The lowest BCUT2D eigenvalue weighted by Crippen LogP contribution is -2.30. The van der Waals surface area contributed by atoms with Crippen LogP contribution in [-0.2, 0) is 0 Å². The summed E-state index contributed by atoms with van der Waals surface area (Å²) in [6.45, 7) is 4.31. The maximum atomic E-state index is 10.3. The van der Waals surface area contributed by atoms with Crippen LogP contribution in [0.15, 0.2) is 34.9 Å². The lowest BCUT2D eigenvalue weighted by molar-refractivity contribution is 0.0560. The molecule has 3 nitrogen and oxygen atoms in total. The zero-order chi connectivity index (χ0) is 11.8. The van der Waals surface area contributed by atoms with Crippen molar-refractivity contribution in [2.45, 2.75) is 20.0 Å². The average molecular weight is 219 g/mol. The van der Waals surface area contributed by atoms with Crippen molar-refractivity contribution in [3.05, 3.63) is 36.1 Å². The van der Waals surface area contributed by atoms with E-state index in [9.17, 15) is 5.11 Å². The fraction of sp³-hybridized carbons (Fsp3) is 0.385. The molecule has 3 N–H and O–H groups in total. The van der Waals surface area contributed by atoms with E-state index in [2.05, 4.69) is 0 Å². The van der Waals surface area contributed by atoms with Gasteiger partial charge in [0.25, 0.3) is 0 Å². The highest BCUT2D eigenvalue weighted by atomic mass is 16.3. The molecular weight excluding hydrogens is 202 g/mol. The van der Waals surface area contributed by atoms with Crippen molar-refractivity contribution in [1.29, 1.82) is 0 Å². The highest BCUT2D eigenvalue weighted by Crippen LogP contribution is 2.36. The van der Waals surface area contributed by atoms with Gasteiger partial charge in [-0.05, 0) is 6.07 Å². The largest absolute Gasteiger partial charge is 0.464 e. The molecule has 0 saturated heterocycles. The molecule has 86 valence electrons. The van der Waals surface area contributed by atoms with E-state index >= 15 is 0 Å². The van der Waals surface area contributed by atoms with E-state index < -0.39 is 6.10 Å². The molecule has 1 atom stereocenters. The molecule has 16 heavy (non-hydrogen) atoms. The molecule has 1 heterocycles. The van der Waals surface area contributed by atoms with Gasteiger partial charge in [-0.25, -0.2) is 0 Å². The monoisotopic (exact) mass is 219 g/mol. The predicted octanol–water partition coefficient (Wildman–Crippen LogP) is 2.45. The molecule has 1 aromatic carbocycles. The van der Waals surface area contributed by atoms with Gasteiger partial charge in [-0.2, -0.15) is 0 Å². The first kappa shape index (κ1) is 11.2. The van der Waals surface area contributed by atoms with Crippen LogP contribution in [0.5, 0.6) is 0 Å². The standard InChI is InChI=1S/C13H17NO2/c1-13(2,8-14)12(15)10-7-16-11-6-4-3-5-9(10)11/h3-7,12,15H,8,14H2,1-2H3. The number of para-hydroxylation sites is 1. The Kier molecular flexibility index (Phi) is 2.74. The van der Waals surface area contributed by atoms with Crippen LogP contribution >= 0.6 is 0 Å². The zero-order valence-corrected chi connectivity index (χ0v) is 9.60. The first-order chi connectivity index (χ1) is 7.56. The first-order valence-corrected chi connectivity index (χ1v) is 5.40. The number of benzene rings is 1. The Bertz CT molecular complexity index is 487. The first-order valence-electron chi connectivity index (χ1n) is 5.40. The number of fused-ring (bicyclic) bond motifs is 1. The molecule has 0 aliphatic rings. The molecule has 1 aromatic heterocycles. The molecule has 0 spiro atoms. The van der Waals surface area contributed by atoms with Gasteiger partial charge in [-0.3, -0.25) is 0 Å². The Morgan fingerprint density at radius 2 is 2.06 bits per heavy atom. The van der Waals surface area contributed by atoms with Crippen molar-refractivity contribution in [3.63, 3.8) is 0 Å². The van der Waals surface area contributed by atoms with Crippen molar-refractivity contribution in [1.82, 2.24) is 0 Å². The van der Waals surface area contributed by atoms with E-state index in [1.54, 1.807) is 6.26 Å². The summed E-state index contributed by atoms with van der Waals surface area (Å²) in [4.78, 5) is 0. The number of furan rings is 1. The number of rotatable bonds is 3. The summed E-state index contributed by atoms with van der Waals surface area (Å²) in [6, 6.07) is 7.69. The molecule has 0 amide bonds. The van der Waals surface area contributed by atoms with Gasteiger partial charge >= 0.3 is 0 Å². The smallest absolute Gasteiger partial charge is 0.134 e. The molecule has 1 unspecified atom stereocenters. The van der Waals surface area contributed by atoms with Gasteiger partial charge in [-0.15, -0.1) is 0 Å². The SMILES string of the molecule is CC(C)(CN)C(O)c1coc2ccccc12. The van der Waals surface area contributed by atoms with Crippen LogP contribution in [0, 0.1) is 5.41 Å². The predicted molar refractivity (Wildman–Crippen MR) is 64.0 cm³/mol. The van der Waals surface area contributed by atoms with Crippen LogP contribution < -0.4 is 5.73 Å². The van der Waals surface area contributed by atoms with E-state index in [0.717, 1.165) is 16.5 Å². The Hall–Kier alpha value is -1.32. The maximum absolute atomic E-state index is 10.3. The summed E-state index contributed by atoms with van der Waals surface area (Å²) in [5.41, 5.74) is 6.92. The summed E-state index contributed by atoms with van der Waals surface area (Å²) in [5, 5.41) is 11.3. The van der Waals surface area contributed by atoms with Crippen LogP contribution in [0.3, 0.4) is 0 Å². The van der Waals surface area contributed by atoms with Crippen molar-refractivity contribution >= 4 is 11.0 Å². The summed E-state index contributed by atoms with van der Waals surface area (Å²) < 4.78 is 5.41. The highest BCUT2D eigenvalue weighted by molar-refractivity contribution is 5.81. The summed E-state index contributed by atoms with van der Waals surface area (Å²) in [5.74, 6) is 0. The maximum Gasteiger partial charge on any atom is 0.134 e. The fourth-order valence-corrected chi connectivity index (χ4v) is 1.74. The third-order valence-corrected chi connectivity index (χ3v) is 3.07. The number of nitrogens with two attached hydrogens (primary N) is 1. The lowest BCUT2D eigenvalue weighted by Gasteiger charge is -2.28. The van der Waals surface area contributed by atoms with Crippen LogP contribution in [-0.4, -0.2) is 11.7 Å². The number of aliphatic hydroxyl groups is 1. The summed E-state index contributed by atoms with van der Waals surface area (Å²) in [6.07, 6.45) is 1.01. The third-order valence-electron chi connectivity index (χ3n) is 3.07. The topological polar surface area (TPSA) is 59.4 Å². The van der Waals surface area contributed by atoms with E-state index in [4.69, 9.17) is 10.2 Å². The molecule has 0 aliphatic heterocycles. The lowest BCUT2D eigenvalue weighted by atomic mass is 9.83. The third kappa shape index (κ3) is 1.72. The van der Waals surface area contributed by atoms with Gasteiger partial charge in [0.05, 0.1) is 12.4 Å². The Morgan fingerprint density at radius 3 is 2.75 bits per heavy atom. The van der Waals surface area contributed by atoms with Gasteiger partial charge in [0.15, 0.2) is 0 Å². The van der Waals surface area contributed by atoms with Crippen LogP contribution in [0.2, 0.25) is 0 Å². The Morgan fingerprint density at radius 1 is 1.38 bits per heavy atom. The average Bonchev–Trinajstić information content (AvgIpc) is 2.71. The van der Waals surface area contributed by atoms with Crippen molar-refractivity contribution < 1.29 is 9.52 Å². The molecule has 2 aromatic rings. The summed E-state index contributed by atoms with van der Waals surface area (Å²) >= 11 is 0. The second-order valence-corrected chi connectivity index (χ2v) is 4.78. The van der Waals surface area contributed by atoms with Gasteiger partial charge < -0.3 is 15.3 Å². The van der Waals surface area contributed by atoms with Gasteiger partial charge in [0.1, 0.15) is 5.58 Å². The minimum absolute atomic E-state index is 0.355. The van der Waals surface area contributed by atoms with E-state index in [0.29, 0.717) is 6.54 Å². The molecule has 2 rings (SSSR count). The van der Waals surface area contributed by atoms with Crippen molar-refractivity contribution in [2.75, 3.05) is 6.54 Å². The van der Waals surface area contributed by atoms with Gasteiger partial charge in [-0.1, -0.05) is 32.0 Å². The second kappa shape index (κ2) is 3.92. The van der Waals surface area contributed by atoms with Crippen molar-refractivity contribution in [2.24, 2.45) is 11.1 Å². The van der Waals surface area contributed by atoms with E-state index in [1.807, 2.05) is 38.1 Å². The minimum atomic E-state index is -0.610. The van der Waals surface area contributed by atoms with Crippen LogP contribution in [0.25, 0.3) is 11.0 Å². The van der Waals surface area contributed by atoms with Gasteiger partial charge in [0, 0.05) is 22.9 Å². The molecule has 0 saturated carbocycles. The highest BCUT2D eigenvalue weighted by Gasteiger charge is 2.29.